The third-order valence-electron chi connectivity index (χ3n) is 5.39. The molecule has 0 amide bonds. The van der Waals surface area contributed by atoms with Crippen molar-refractivity contribution in [3.63, 3.8) is 0 Å². The molecule has 0 aromatic heterocycles. The molecule has 3 rings (SSSR count). The van der Waals surface area contributed by atoms with E-state index in [4.69, 9.17) is 0 Å². The van der Waals surface area contributed by atoms with Crippen molar-refractivity contribution in [1.82, 2.24) is 4.90 Å². The van der Waals surface area contributed by atoms with E-state index in [1.54, 1.807) is 18.2 Å². The third-order valence-corrected chi connectivity index (χ3v) is 6.52. The first-order valence-electron chi connectivity index (χ1n) is 9.91. The minimum Gasteiger partial charge on any atom is -0.385 e. The summed E-state index contributed by atoms with van der Waals surface area (Å²) >= 11 is 0. The van der Waals surface area contributed by atoms with Crippen LogP contribution in [-0.2, 0) is 16.3 Å². The molecule has 1 saturated heterocycles. The molecule has 0 saturated carbocycles. The van der Waals surface area contributed by atoms with Crippen LogP contribution in [0.15, 0.2) is 53.4 Å². The smallest absolute Gasteiger partial charge is 0.175 e. The number of nitrogens with one attached hydrogen (secondary N) is 1. The molecule has 1 N–H and O–H groups in total. The second-order valence-electron chi connectivity index (χ2n) is 7.70. The lowest BCUT2D eigenvalue weighted by molar-refractivity contribution is 0.183. The quantitative estimate of drug-likeness (QED) is 0.676. The molecule has 2 aromatic carbocycles. The maximum Gasteiger partial charge on any atom is 0.175 e. The van der Waals surface area contributed by atoms with E-state index < -0.39 is 9.84 Å². The molecular weight excluding hydrogens is 375 g/mol. The van der Waals surface area contributed by atoms with Crippen LogP contribution in [0.5, 0.6) is 0 Å². The molecule has 28 heavy (non-hydrogen) atoms. The van der Waals surface area contributed by atoms with Crippen LogP contribution in [0, 0.1) is 11.7 Å². The van der Waals surface area contributed by atoms with Gasteiger partial charge < -0.3 is 10.2 Å². The molecule has 0 atom stereocenters. The van der Waals surface area contributed by atoms with Gasteiger partial charge in [0.25, 0.3) is 0 Å². The van der Waals surface area contributed by atoms with E-state index in [9.17, 15) is 12.8 Å². The van der Waals surface area contributed by atoms with Gasteiger partial charge in [0.2, 0.25) is 0 Å². The van der Waals surface area contributed by atoms with Crippen LogP contribution in [0.1, 0.15) is 24.8 Å². The second-order valence-corrected chi connectivity index (χ2v) is 9.71. The summed E-state index contributed by atoms with van der Waals surface area (Å²) in [5, 5.41) is 3.27. The number of nitrogens with zero attached hydrogens (tertiary/aromatic N) is 1. The van der Waals surface area contributed by atoms with Crippen LogP contribution in [0.3, 0.4) is 0 Å². The predicted molar refractivity (Wildman–Crippen MR) is 112 cm³/mol. The number of likely N-dealkylation sites (tertiary alicyclic amines) is 1. The number of anilines is 1. The molecule has 1 aliphatic rings. The molecule has 1 heterocycles. The lowest BCUT2D eigenvalue weighted by Gasteiger charge is -2.32. The first kappa shape index (κ1) is 20.8. The lowest BCUT2D eigenvalue weighted by atomic mass is 9.90. The molecule has 2 aromatic rings. The minimum absolute atomic E-state index is 0.210. The van der Waals surface area contributed by atoms with E-state index in [0.29, 0.717) is 10.8 Å². The standard InChI is InChI=1S/C22H29FN2O2S/c1-28(26,27)22-8-6-18(7-9-22)16-19-10-14-25(15-11-19)13-3-12-24-21-5-2-4-20(23)17-21/h2,4-9,17,19,24H,3,10-16H2,1H3. The van der Waals surface area contributed by atoms with E-state index in [-0.39, 0.29) is 5.82 Å². The van der Waals surface area contributed by atoms with Crippen molar-refractivity contribution >= 4 is 15.5 Å². The fraction of sp³-hybridized carbons (Fsp3) is 0.455. The normalized spacial score (nSPS) is 16.2. The molecule has 1 aliphatic heterocycles. The zero-order valence-corrected chi connectivity index (χ0v) is 17.2. The number of halogens is 1. The fourth-order valence-electron chi connectivity index (χ4n) is 3.75. The highest BCUT2D eigenvalue weighted by molar-refractivity contribution is 7.90. The zero-order chi connectivity index (χ0) is 20.0. The van der Waals surface area contributed by atoms with Crippen LogP contribution >= 0.6 is 0 Å². The van der Waals surface area contributed by atoms with Crippen LogP contribution < -0.4 is 5.32 Å². The van der Waals surface area contributed by atoms with E-state index >= 15 is 0 Å². The Labute approximate surface area is 167 Å². The molecular formula is C22H29FN2O2S. The summed E-state index contributed by atoms with van der Waals surface area (Å²) in [5.41, 5.74) is 2.05. The van der Waals surface area contributed by atoms with E-state index in [1.165, 1.54) is 36.8 Å². The molecule has 0 aliphatic carbocycles. The van der Waals surface area contributed by atoms with E-state index in [1.807, 2.05) is 18.2 Å². The highest BCUT2D eigenvalue weighted by Crippen LogP contribution is 2.22. The molecule has 1 fully saturated rings. The summed E-state index contributed by atoms with van der Waals surface area (Å²) in [7, 11) is -3.12. The van der Waals surface area contributed by atoms with Gasteiger partial charge >= 0.3 is 0 Å². The number of sulfone groups is 1. The Morgan fingerprint density at radius 3 is 2.46 bits per heavy atom. The molecule has 0 radical (unpaired) electrons. The largest absolute Gasteiger partial charge is 0.385 e. The highest BCUT2D eigenvalue weighted by atomic mass is 32.2. The first-order chi connectivity index (χ1) is 13.4. The Morgan fingerprint density at radius 2 is 1.82 bits per heavy atom. The Morgan fingerprint density at radius 1 is 1.11 bits per heavy atom. The van der Waals surface area contributed by atoms with Gasteiger partial charge in [-0.05, 0) is 87.1 Å². The van der Waals surface area contributed by atoms with Gasteiger partial charge in [0.1, 0.15) is 5.82 Å². The average molecular weight is 405 g/mol. The SMILES string of the molecule is CS(=O)(=O)c1ccc(CC2CCN(CCCNc3cccc(F)c3)CC2)cc1. The Kier molecular flexibility index (Phi) is 7.08. The lowest BCUT2D eigenvalue weighted by Crippen LogP contribution is -2.35. The van der Waals surface area contributed by atoms with Crippen molar-refractivity contribution < 1.29 is 12.8 Å². The maximum absolute atomic E-state index is 13.2. The Hall–Kier alpha value is -1.92. The van der Waals surface area contributed by atoms with Gasteiger partial charge in [0.15, 0.2) is 9.84 Å². The summed E-state index contributed by atoms with van der Waals surface area (Å²) in [5.74, 6) is 0.448. The topological polar surface area (TPSA) is 49.4 Å². The molecule has 0 unspecified atom stereocenters. The van der Waals surface area contributed by atoms with Crippen molar-refractivity contribution in [3.8, 4) is 0 Å². The summed E-state index contributed by atoms with van der Waals surface area (Å²) in [6.45, 7) is 4.10. The average Bonchev–Trinajstić information content (AvgIpc) is 2.66. The number of hydrogen-bond donors (Lipinski definition) is 1. The van der Waals surface area contributed by atoms with Gasteiger partial charge in [-0.3, -0.25) is 0 Å². The first-order valence-corrected chi connectivity index (χ1v) is 11.8. The van der Waals surface area contributed by atoms with E-state index in [0.717, 1.165) is 44.7 Å². The number of hydrogen-bond acceptors (Lipinski definition) is 4. The number of benzene rings is 2. The minimum atomic E-state index is -3.12. The molecule has 6 heteroatoms. The van der Waals surface area contributed by atoms with Crippen LogP contribution in [0.25, 0.3) is 0 Å². The van der Waals surface area contributed by atoms with Crippen molar-refractivity contribution in [3.05, 3.63) is 59.9 Å². The van der Waals surface area contributed by atoms with Crippen molar-refractivity contribution in [1.29, 1.82) is 0 Å². The molecule has 152 valence electrons. The Bertz CT molecular complexity index is 860. The zero-order valence-electron chi connectivity index (χ0n) is 16.4. The number of piperidine rings is 1. The summed E-state index contributed by atoms with van der Waals surface area (Å²) < 4.78 is 36.3. The molecule has 0 spiro atoms. The third kappa shape index (κ3) is 6.31. The van der Waals surface area contributed by atoms with Gasteiger partial charge in [-0.25, -0.2) is 12.8 Å². The van der Waals surface area contributed by atoms with Gasteiger partial charge in [-0.15, -0.1) is 0 Å². The van der Waals surface area contributed by atoms with E-state index in [2.05, 4.69) is 10.2 Å². The van der Waals surface area contributed by atoms with Gasteiger partial charge in [-0.2, -0.15) is 0 Å². The number of rotatable bonds is 8. The van der Waals surface area contributed by atoms with Crippen LogP contribution in [-0.4, -0.2) is 45.8 Å². The van der Waals surface area contributed by atoms with Crippen LogP contribution in [0.4, 0.5) is 10.1 Å². The van der Waals surface area contributed by atoms with Crippen molar-refractivity contribution in [2.24, 2.45) is 5.92 Å². The highest BCUT2D eigenvalue weighted by Gasteiger charge is 2.19. The van der Waals surface area contributed by atoms with Crippen LogP contribution in [0.2, 0.25) is 0 Å². The van der Waals surface area contributed by atoms with Gasteiger partial charge in [0.05, 0.1) is 4.90 Å². The summed E-state index contributed by atoms with van der Waals surface area (Å²) in [6, 6.07) is 13.9. The van der Waals surface area contributed by atoms with Crippen molar-refractivity contribution in [2.75, 3.05) is 37.8 Å². The molecule has 4 nitrogen and oxygen atoms in total. The van der Waals surface area contributed by atoms with Gasteiger partial charge in [0, 0.05) is 18.5 Å². The molecule has 0 bridgehead atoms. The summed E-state index contributed by atoms with van der Waals surface area (Å²) in [6.07, 6.45) is 5.63. The summed E-state index contributed by atoms with van der Waals surface area (Å²) in [4.78, 5) is 2.88. The fourth-order valence-corrected chi connectivity index (χ4v) is 4.38. The second kappa shape index (κ2) is 9.52. The monoisotopic (exact) mass is 404 g/mol. The Balaban J connectivity index is 1.35. The van der Waals surface area contributed by atoms with Crippen molar-refractivity contribution in [2.45, 2.75) is 30.6 Å². The predicted octanol–water partition coefficient (Wildman–Crippen LogP) is 3.99. The maximum atomic E-state index is 13.2. The van der Waals surface area contributed by atoms with Gasteiger partial charge in [-0.1, -0.05) is 18.2 Å².